The molecule has 0 bridgehead atoms. The lowest BCUT2D eigenvalue weighted by atomic mass is 10.1. The normalized spacial score (nSPS) is 11.6. The van der Waals surface area contributed by atoms with Gasteiger partial charge in [0.25, 0.3) is 0 Å². The van der Waals surface area contributed by atoms with Gasteiger partial charge in [-0.05, 0) is 64.0 Å². The number of hydrogen-bond acceptors (Lipinski definition) is 1. The molecule has 0 fully saturated rings. The molecule has 0 saturated heterocycles. The molecular weight excluding hydrogens is 227 g/mol. The second-order valence-electron chi connectivity index (χ2n) is 5.02. The van der Waals surface area contributed by atoms with Crippen LogP contribution in [0.25, 0.3) is 10.9 Å². The summed E-state index contributed by atoms with van der Waals surface area (Å²) in [5.41, 5.74) is 2.32. The number of aryl methyl sites for hydroxylation is 1. The number of fused-ring (bicyclic) bond motifs is 1. The van der Waals surface area contributed by atoms with Crippen molar-refractivity contribution in [3.8, 4) is 0 Å². The van der Waals surface area contributed by atoms with E-state index in [9.17, 15) is 4.39 Å². The van der Waals surface area contributed by atoms with Crippen molar-refractivity contribution < 1.29 is 4.39 Å². The molecule has 1 aromatic carbocycles. The largest absolute Gasteiger partial charge is 0.345 e. The summed E-state index contributed by atoms with van der Waals surface area (Å²) in [4.78, 5) is 0. The number of halogens is 1. The molecule has 1 aromatic heterocycles. The van der Waals surface area contributed by atoms with Crippen LogP contribution in [-0.2, 0) is 6.42 Å². The molecular formula is C15H21FN2. The Morgan fingerprint density at radius 1 is 1.33 bits per heavy atom. The van der Waals surface area contributed by atoms with Crippen molar-refractivity contribution >= 4 is 10.9 Å². The highest BCUT2D eigenvalue weighted by Crippen LogP contribution is 2.26. The van der Waals surface area contributed by atoms with Gasteiger partial charge in [0, 0.05) is 17.6 Å². The SMILES string of the molecule is CNCCCc1cn(C(C)C)c2cc(F)ccc12. The highest BCUT2D eigenvalue weighted by Gasteiger charge is 2.11. The van der Waals surface area contributed by atoms with Gasteiger partial charge >= 0.3 is 0 Å². The Balaban J connectivity index is 2.41. The lowest BCUT2D eigenvalue weighted by molar-refractivity contribution is 0.610. The fraction of sp³-hybridized carbons (Fsp3) is 0.467. The first-order valence-corrected chi connectivity index (χ1v) is 6.57. The van der Waals surface area contributed by atoms with Crippen molar-refractivity contribution in [2.24, 2.45) is 0 Å². The van der Waals surface area contributed by atoms with Crippen LogP contribution in [0.3, 0.4) is 0 Å². The van der Waals surface area contributed by atoms with E-state index in [1.165, 1.54) is 10.9 Å². The van der Waals surface area contributed by atoms with Gasteiger partial charge in [0.05, 0.1) is 5.52 Å². The van der Waals surface area contributed by atoms with Crippen molar-refractivity contribution in [2.75, 3.05) is 13.6 Å². The maximum absolute atomic E-state index is 13.4. The van der Waals surface area contributed by atoms with Gasteiger partial charge in [0.1, 0.15) is 5.82 Å². The molecule has 18 heavy (non-hydrogen) atoms. The molecule has 0 aliphatic heterocycles. The van der Waals surface area contributed by atoms with Gasteiger partial charge in [-0.3, -0.25) is 0 Å². The van der Waals surface area contributed by atoms with Gasteiger partial charge in [0.15, 0.2) is 0 Å². The highest BCUT2D eigenvalue weighted by molar-refractivity contribution is 5.84. The van der Waals surface area contributed by atoms with E-state index in [1.54, 1.807) is 12.1 Å². The van der Waals surface area contributed by atoms with E-state index in [-0.39, 0.29) is 5.82 Å². The second-order valence-corrected chi connectivity index (χ2v) is 5.02. The van der Waals surface area contributed by atoms with Crippen LogP contribution in [0.1, 0.15) is 31.9 Å². The van der Waals surface area contributed by atoms with E-state index in [0.717, 1.165) is 24.9 Å². The first-order chi connectivity index (χ1) is 8.63. The molecule has 0 radical (unpaired) electrons. The zero-order valence-corrected chi connectivity index (χ0v) is 11.3. The average molecular weight is 248 g/mol. The zero-order chi connectivity index (χ0) is 13.1. The molecule has 0 spiro atoms. The Kier molecular flexibility index (Phi) is 4.02. The van der Waals surface area contributed by atoms with Crippen molar-refractivity contribution in [2.45, 2.75) is 32.7 Å². The lowest BCUT2D eigenvalue weighted by Gasteiger charge is -2.08. The van der Waals surface area contributed by atoms with Crippen molar-refractivity contribution in [1.82, 2.24) is 9.88 Å². The third kappa shape index (κ3) is 2.56. The maximum Gasteiger partial charge on any atom is 0.125 e. The first-order valence-electron chi connectivity index (χ1n) is 6.57. The lowest BCUT2D eigenvalue weighted by Crippen LogP contribution is -2.08. The third-order valence-electron chi connectivity index (χ3n) is 3.31. The van der Waals surface area contributed by atoms with Gasteiger partial charge in [-0.2, -0.15) is 0 Å². The number of aromatic nitrogens is 1. The Morgan fingerprint density at radius 2 is 2.11 bits per heavy atom. The standard InChI is InChI=1S/C15H21FN2/c1-11(2)18-10-12(5-4-8-17-3)14-7-6-13(16)9-15(14)18/h6-7,9-11,17H,4-5,8H2,1-3H3. The molecule has 1 heterocycles. The quantitative estimate of drug-likeness (QED) is 0.801. The summed E-state index contributed by atoms with van der Waals surface area (Å²) in [5.74, 6) is -0.163. The summed E-state index contributed by atoms with van der Waals surface area (Å²) < 4.78 is 15.5. The molecule has 0 amide bonds. The van der Waals surface area contributed by atoms with E-state index in [1.807, 2.05) is 13.1 Å². The zero-order valence-electron chi connectivity index (χ0n) is 11.3. The molecule has 0 aliphatic carbocycles. The number of nitrogens with zero attached hydrogens (tertiary/aromatic N) is 1. The van der Waals surface area contributed by atoms with Crippen LogP contribution in [0.15, 0.2) is 24.4 Å². The van der Waals surface area contributed by atoms with Gasteiger partial charge < -0.3 is 9.88 Å². The van der Waals surface area contributed by atoms with Gasteiger partial charge in [0.2, 0.25) is 0 Å². The topological polar surface area (TPSA) is 17.0 Å². The monoisotopic (exact) mass is 248 g/mol. The fourth-order valence-corrected chi connectivity index (χ4v) is 2.38. The Labute approximate surface area is 108 Å². The van der Waals surface area contributed by atoms with Crippen LogP contribution >= 0.6 is 0 Å². The van der Waals surface area contributed by atoms with Gasteiger partial charge in [-0.15, -0.1) is 0 Å². The highest BCUT2D eigenvalue weighted by atomic mass is 19.1. The number of nitrogens with one attached hydrogen (secondary N) is 1. The molecule has 1 N–H and O–H groups in total. The second kappa shape index (κ2) is 5.53. The van der Waals surface area contributed by atoms with E-state index in [2.05, 4.69) is 29.9 Å². The van der Waals surface area contributed by atoms with Crippen LogP contribution in [-0.4, -0.2) is 18.2 Å². The van der Waals surface area contributed by atoms with Crippen LogP contribution < -0.4 is 5.32 Å². The van der Waals surface area contributed by atoms with Crippen molar-refractivity contribution in [1.29, 1.82) is 0 Å². The van der Waals surface area contributed by atoms with Crippen molar-refractivity contribution in [3.63, 3.8) is 0 Å². The third-order valence-corrected chi connectivity index (χ3v) is 3.31. The molecule has 2 aromatic rings. The van der Waals surface area contributed by atoms with Crippen LogP contribution in [0.2, 0.25) is 0 Å². The molecule has 0 aliphatic rings. The molecule has 2 nitrogen and oxygen atoms in total. The van der Waals surface area contributed by atoms with E-state index < -0.39 is 0 Å². The summed E-state index contributed by atoms with van der Waals surface area (Å²) in [5, 5.41) is 4.34. The van der Waals surface area contributed by atoms with E-state index >= 15 is 0 Å². The summed E-state index contributed by atoms with van der Waals surface area (Å²) in [7, 11) is 1.97. The molecule has 3 heteroatoms. The summed E-state index contributed by atoms with van der Waals surface area (Å²) >= 11 is 0. The Hall–Kier alpha value is -1.35. The smallest absolute Gasteiger partial charge is 0.125 e. The minimum atomic E-state index is -0.163. The maximum atomic E-state index is 13.4. The summed E-state index contributed by atoms with van der Waals surface area (Å²) in [6, 6.07) is 5.44. The van der Waals surface area contributed by atoms with E-state index in [4.69, 9.17) is 0 Å². The van der Waals surface area contributed by atoms with Gasteiger partial charge in [-0.1, -0.05) is 0 Å². The average Bonchev–Trinajstić information content (AvgIpc) is 2.68. The van der Waals surface area contributed by atoms with Crippen LogP contribution in [0.4, 0.5) is 4.39 Å². The number of hydrogen-bond donors (Lipinski definition) is 1. The summed E-state index contributed by atoms with van der Waals surface area (Å²) in [6.45, 7) is 5.26. The van der Waals surface area contributed by atoms with Crippen molar-refractivity contribution in [3.05, 3.63) is 35.8 Å². The molecule has 2 rings (SSSR count). The van der Waals surface area contributed by atoms with Crippen LogP contribution in [0, 0.1) is 5.82 Å². The summed E-state index contributed by atoms with van der Waals surface area (Å²) in [6.07, 6.45) is 4.30. The predicted octanol–water partition coefficient (Wildman–Crippen LogP) is 3.51. The minimum absolute atomic E-state index is 0.163. The molecule has 0 atom stereocenters. The Bertz CT molecular complexity index is 529. The molecule has 0 unspecified atom stereocenters. The Morgan fingerprint density at radius 3 is 2.78 bits per heavy atom. The molecule has 0 saturated carbocycles. The van der Waals surface area contributed by atoms with Crippen LogP contribution in [0.5, 0.6) is 0 Å². The fourth-order valence-electron chi connectivity index (χ4n) is 2.38. The molecule has 98 valence electrons. The van der Waals surface area contributed by atoms with Gasteiger partial charge in [-0.25, -0.2) is 4.39 Å². The van der Waals surface area contributed by atoms with E-state index in [0.29, 0.717) is 6.04 Å². The number of benzene rings is 1. The predicted molar refractivity (Wildman–Crippen MR) is 74.5 cm³/mol. The first kappa shape index (κ1) is 13.1. The minimum Gasteiger partial charge on any atom is -0.345 e. The number of rotatable bonds is 5.